The molecule has 0 spiro atoms. The minimum atomic E-state index is -0.519. The maximum Gasteiger partial charge on any atom is 0.333 e. The first-order chi connectivity index (χ1) is 13.9. The van der Waals surface area contributed by atoms with E-state index in [4.69, 9.17) is 4.74 Å². The van der Waals surface area contributed by atoms with Gasteiger partial charge in [-0.1, -0.05) is 15.9 Å². The van der Waals surface area contributed by atoms with E-state index >= 15 is 0 Å². The molecule has 0 atom stereocenters. The van der Waals surface area contributed by atoms with Crippen LogP contribution in [0.3, 0.4) is 0 Å². The number of halogens is 2. The number of rotatable bonds is 8. The van der Waals surface area contributed by atoms with Crippen molar-refractivity contribution >= 4 is 33.1 Å². The lowest BCUT2D eigenvalue weighted by molar-refractivity contribution is -0.383. The Hall–Kier alpha value is -2.75. The summed E-state index contributed by atoms with van der Waals surface area (Å²) in [5.41, 5.74) is 0.843. The molecule has 0 N–H and O–H groups in total. The molecule has 0 unspecified atom stereocenters. The van der Waals surface area contributed by atoms with Crippen LogP contribution in [-0.4, -0.2) is 38.5 Å². The summed E-state index contributed by atoms with van der Waals surface area (Å²) in [6, 6.07) is 6.17. The van der Waals surface area contributed by atoms with Crippen LogP contribution in [0.4, 0.5) is 15.9 Å². The Morgan fingerprint density at radius 1 is 1.41 bits per heavy atom. The highest BCUT2D eigenvalue weighted by atomic mass is 79.9. The molecule has 1 aliphatic carbocycles. The fraction of sp³-hybridized carbons (Fsp3) is 0.368. The number of anilines is 1. The zero-order chi connectivity index (χ0) is 20.6. The van der Waals surface area contributed by atoms with Crippen LogP contribution in [0.1, 0.15) is 18.4 Å². The van der Waals surface area contributed by atoms with Gasteiger partial charge in [0.2, 0.25) is 5.65 Å². The third-order valence-electron chi connectivity index (χ3n) is 5.13. The molecule has 1 aliphatic rings. The highest BCUT2D eigenvalue weighted by Crippen LogP contribution is 2.47. The zero-order valence-corrected chi connectivity index (χ0v) is 17.3. The molecule has 4 rings (SSSR count). The molecule has 0 aliphatic heterocycles. The summed E-state index contributed by atoms with van der Waals surface area (Å²) in [5.74, 6) is 0.787. The lowest BCUT2D eigenvalue weighted by atomic mass is 10.1. The van der Waals surface area contributed by atoms with Gasteiger partial charge in [0, 0.05) is 36.1 Å². The van der Waals surface area contributed by atoms with Crippen molar-refractivity contribution in [1.82, 2.24) is 14.6 Å². The summed E-state index contributed by atoms with van der Waals surface area (Å²) in [6.45, 7) is 0.909. The SMILES string of the molecule is CN(Cc1cc(F)ccc1OCC1(CBr)CC1)c1ccn2ncc([N+](=O)[O-])c2n1. The van der Waals surface area contributed by atoms with Crippen molar-refractivity contribution in [1.29, 1.82) is 0 Å². The lowest BCUT2D eigenvalue weighted by Crippen LogP contribution is -2.20. The van der Waals surface area contributed by atoms with Crippen LogP contribution in [0.5, 0.6) is 5.75 Å². The average molecular weight is 464 g/mol. The second kappa shape index (κ2) is 7.58. The van der Waals surface area contributed by atoms with E-state index in [9.17, 15) is 14.5 Å². The predicted octanol–water partition coefficient (Wildman–Crippen LogP) is 3.97. The van der Waals surface area contributed by atoms with Crippen LogP contribution in [0.15, 0.2) is 36.7 Å². The van der Waals surface area contributed by atoms with Gasteiger partial charge in [0.25, 0.3) is 0 Å². The molecule has 1 fully saturated rings. The molecule has 8 nitrogen and oxygen atoms in total. The molecular weight excluding hydrogens is 445 g/mol. The largest absolute Gasteiger partial charge is 0.493 e. The lowest BCUT2D eigenvalue weighted by Gasteiger charge is -2.21. The second-order valence-electron chi connectivity index (χ2n) is 7.37. The summed E-state index contributed by atoms with van der Waals surface area (Å²) < 4.78 is 21.2. The van der Waals surface area contributed by atoms with E-state index in [1.807, 2.05) is 0 Å². The van der Waals surface area contributed by atoms with E-state index in [0.29, 0.717) is 30.3 Å². The third-order valence-corrected chi connectivity index (χ3v) is 6.32. The zero-order valence-electron chi connectivity index (χ0n) is 15.7. The number of alkyl halides is 1. The fourth-order valence-electron chi connectivity index (χ4n) is 3.06. The minimum Gasteiger partial charge on any atom is -0.493 e. The van der Waals surface area contributed by atoms with Gasteiger partial charge in [0.15, 0.2) is 0 Å². The maximum absolute atomic E-state index is 13.9. The van der Waals surface area contributed by atoms with Crippen molar-refractivity contribution in [2.75, 3.05) is 23.9 Å². The van der Waals surface area contributed by atoms with Gasteiger partial charge in [-0.15, -0.1) is 0 Å². The first-order valence-corrected chi connectivity index (χ1v) is 10.2. The van der Waals surface area contributed by atoms with Gasteiger partial charge in [-0.2, -0.15) is 5.10 Å². The van der Waals surface area contributed by atoms with E-state index < -0.39 is 4.92 Å². The Morgan fingerprint density at radius 3 is 2.90 bits per heavy atom. The van der Waals surface area contributed by atoms with Crippen LogP contribution in [0.2, 0.25) is 0 Å². The summed E-state index contributed by atoms with van der Waals surface area (Å²) in [7, 11) is 1.79. The van der Waals surface area contributed by atoms with Crippen molar-refractivity contribution in [2.24, 2.45) is 5.41 Å². The Labute approximate surface area is 174 Å². The van der Waals surface area contributed by atoms with Gasteiger partial charge in [-0.25, -0.2) is 13.9 Å². The van der Waals surface area contributed by atoms with Gasteiger partial charge < -0.3 is 9.64 Å². The molecule has 0 amide bonds. The molecule has 2 aromatic heterocycles. The minimum absolute atomic E-state index is 0.156. The maximum atomic E-state index is 13.9. The molecule has 29 heavy (non-hydrogen) atoms. The van der Waals surface area contributed by atoms with Crippen LogP contribution < -0.4 is 9.64 Å². The van der Waals surface area contributed by atoms with Crippen LogP contribution >= 0.6 is 15.9 Å². The molecular formula is C19H19BrFN5O3. The van der Waals surface area contributed by atoms with Gasteiger partial charge in [0.1, 0.15) is 23.6 Å². The quantitative estimate of drug-likeness (QED) is 0.285. The molecule has 0 radical (unpaired) electrons. The normalized spacial score (nSPS) is 14.7. The average Bonchev–Trinajstić information content (AvgIpc) is 3.36. The van der Waals surface area contributed by atoms with Crippen molar-refractivity contribution in [2.45, 2.75) is 19.4 Å². The van der Waals surface area contributed by atoms with Crippen molar-refractivity contribution in [3.63, 3.8) is 0 Å². The third kappa shape index (κ3) is 4.02. The highest BCUT2D eigenvalue weighted by molar-refractivity contribution is 9.09. The van der Waals surface area contributed by atoms with Crippen LogP contribution in [0, 0.1) is 21.3 Å². The summed E-state index contributed by atoms with van der Waals surface area (Å²) in [5, 5.41) is 16.0. The van der Waals surface area contributed by atoms with Gasteiger partial charge in [-0.3, -0.25) is 10.1 Å². The standard InChI is InChI=1S/C19H19BrFN5O3/c1-24(17-4-7-25-18(23-17)15(9-22-25)26(27)28)10-13-8-14(21)2-3-16(13)29-12-19(11-20)5-6-19/h2-4,7-9H,5-6,10-12H2,1H3. The number of ether oxygens (including phenoxy) is 1. The summed E-state index contributed by atoms with van der Waals surface area (Å²) in [6.07, 6.45) is 5.00. The van der Waals surface area contributed by atoms with Gasteiger partial charge in [-0.05, 0) is 37.1 Å². The van der Waals surface area contributed by atoms with Gasteiger partial charge >= 0.3 is 5.69 Å². The number of aromatic nitrogens is 3. The van der Waals surface area contributed by atoms with Crippen LogP contribution in [0.25, 0.3) is 5.65 Å². The number of hydrogen-bond donors (Lipinski definition) is 0. The van der Waals surface area contributed by atoms with E-state index in [1.165, 1.54) is 22.8 Å². The van der Waals surface area contributed by atoms with E-state index in [2.05, 4.69) is 26.0 Å². The molecule has 3 aromatic rings. The second-order valence-corrected chi connectivity index (χ2v) is 7.93. The molecule has 1 saturated carbocycles. The van der Waals surface area contributed by atoms with Crippen molar-refractivity contribution in [3.8, 4) is 5.75 Å². The van der Waals surface area contributed by atoms with E-state index in [1.54, 1.807) is 30.3 Å². The number of nitro groups is 1. The molecule has 2 heterocycles. The fourth-order valence-corrected chi connectivity index (χ4v) is 3.78. The van der Waals surface area contributed by atoms with Gasteiger partial charge in [0.05, 0.1) is 11.5 Å². The van der Waals surface area contributed by atoms with E-state index in [-0.39, 0.29) is 22.6 Å². The number of nitrogens with zero attached hydrogens (tertiary/aromatic N) is 5. The van der Waals surface area contributed by atoms with Crippen molar-refractivity contribution < 1.29 is 14.1 Å². The molecule has 10 heteroatoms. The summed E-state index contributed by atoms with van der Waals surface area (Å²) >= 11 is 3.53. The monoisotopic (exact) mass is 463 g/mol. The number of fused-ring (bicyclic) bond motifs is 1. The van der Waals surface area contributed by atoms with E-state index in [0.717, 1.165) is 18.2 Å². The first kappa shape index (κ1) is 19.6. The Balaban J connectivity index is 1.57. The van der Waals surface area contributed by atoms with Crippen molar-refractivity contribution in [3.05, 3.63) is 58.2 Å². The first-order valence-electron chi connectivity index (χ1n) is 9.08. The number of benzene rings is 1. The Morgan fingerprint density at radius 2 is 2.21 bits per heavy atom. The smallest absolute Gasteiger partial charge is 0.333 e. The molecule has 1 aromatic carbocycles. The molecule has 152 valence electrons. The van der Waals surface area contributed by atoms with Crippen LogP contribution in [-0.2, 0) is 6.54 Å². The number of hydrogen-bond acceptors (Lipinski definition) is 6. The molecule has 0 bridgehead atoms. The molecule has 0 saturated heterocycles. The topological polar surface area (TPSA) is 85.8 Å². The summed E-state index contributed by atoms with van der Waals surface area (Å²) in [4.78, 5) is 16.8. The predicted molar refractivity (Wildman–Crippen MR) is 109 cm³/mol. The highest BCUT2D eigenvalue weighted by Gasteiger charge is 2.42. The Bertz CT molecular complexity index is 1070. The Kier molecular flexibility index (Phi) is 5.12.